The highest BCUT2D eigenvalue weighted by Crippen LogP contribution is 2.20. The van der Waals surface area contributed by atoms with Gasteiger partial charge in [-0.15, -0.1) is 0 Å². The third-order valence-corrected chi connectivity index (χ3v) is 3.30. The normalized spacial score (nSPS) is 10.6. The maximum atomic E-state index is 13.6. The van der Waals surface area contributed by atoms with E-state index in [0.29, 0.717) is 11.3 Å². The average Bonchev–Trinajstić information content (AvgIpc) is 2.54. The summed E-state index contributed by atoms with van der Waals surface area (Å²) in [7, 11) is 1.29. The Bertz CT molecular complexity index is 737. The van der Waals surface area contributed by atoms with E-state index in [1.54, 1.807) is 12.1 Å². The number of amides is 1. The molecule has 0 radical (unpaired) electrons. The van der Waals surface area contributed by atoms with Crippen molar-refractivity contribution in [3.63, 3.8) is 0 Å². The molecular formula is C17H13ClFNO3. The summed E-state index contributed by atoms with van der Waals surface area (Å²) in [6.07, 6.45) is 2.48. The molecule has 1 amide bonds. The second-order valence-electron chi connectivity index (χ2n) is 4.53. The third-order valence-electron chi connectivity index (χ3n) is 2.97. The molecule has 4 nitrogen and oxygen atoms in total. The minimum absolute atomic E-state index is 0.144. The van der Waals surface area contributed by atoms with Crippen LogP contribution in [0, 0.1) is 5.82 Å². The van der Waals surface area contributed by atoms with E-state index in [4.69, 9.17) is 11.6 Å². The molecule has 1 N–H and O–H groups in total. The smallest absolute Gasteiger partial charge is 0.337 e. The third kappa shape index (κ3) is 4.40. The van der Waals surface area contributed by atoms with Crippen molar-refractivity contribution in [2.45, 2.75) is 0 Å². The summed E-state index contributed by atoms with van der Waals surface area (Å²) in [4.78, 5) is 23.1. The highest BCUT2D eigenvalue weighted by Gasteiger charge is 2.06. The standard InChI is InChI=1S/C17H13ClFNO3/c1-23-17(22)11-5-7-12(8-6-11)20-16(21)10-9-13-14(18)3-2-4-15(13)19/h2-10H,1H3,(H,20,21)/b10-9+. The van der Waals surface area contributed by atoms with Gasteiger partial charge in [-0.1, -0.05) is 17.7 Å². The summed E-state index contributed by atoms with van der Waals surface area (Å²) in [5.41, 5.74) is 1.01. The molecule has 2 rings (SSSR count). The molecule has 2 aromatic rings. The lowest BCUT2D eigenvalue weighted by molar-refractivity contribution is -0.111. The zero-order valence-electron chi connectivity index (χ0n) is 12.2. The molecule has 0 heterocycles. The van der Waals surface area contributed by atoms with Gasteiger partial charge in [0, 0.05) is 17.3 Å². The van der Waals surface area contributed by atoms with Gasteiger partial charge >= 0.3 is 5.97 Å². The number of rotatable bonds is 4. The van der Waals surface area contributed by atoms with Crippen molar-refractivity contribution in [1.82, 2.24) is 0 Å². The van der Waals surface area contributed by atoms with Crippen LogP contribution in [-0.4, -0.2) is 19.0 Å². The van der Waals surface area contributed by atoms with Crippen LogP contribution in [-0.2, 0) is 9.53 Å². The molecule has 0 bridgehead atoms. The first-order valence-corrected chi connectivity index (χ1v) is 7.00. The molecule has 0 atom stereocenters. The Morgan fingerprint density at radius 1 is 1.17 bits per heavy atom. The zero-order valence-corrected chi connectivity index (χ0v) is 12.9. The van der Waals surface area contributed by atoms with E-state index in [1.807, 2.05) is 0 Å². The topological polar surface area (TPSA) is 55.4 Å². The number of anilines is 1. The highest BCUT2D eigenvalue weighted by atomic mass is 35.5. The number of carbonyl (C=O) groups is 2. The fourth-order valence-corrected chi connectivity index (χ4v) is 2.05. The summed E-state index contributed by atoms with van der Waals surface area (Å²) in [5, 5.41) is 2.81. The van der Waals surface area contributed by atoms with Gasteiger partial charge in [-0.2, -0.15) is 0 Å². The summed E-state index contributed by atoms with van der Waals surface area (Å²) in [5.74, 6) is -1.42. The summed E-state index contributed by atoms with van der Waals surface area (Å²) in [6.45, 7) is 0. The largest absolute Gasteiger partial charge is 0.465 e. The molecule has 0 aromatic heterocycles. The minimum atomic E-state index is -0.510. The van der Waals surface area contributed by atoms with E-state index in [9.17, 15) is 14.0 Å². The van der Waals surface area contributed by atoms with Crippen molar-refractivity contribution in [3.8, 4) is 0 Å². The molecule has 0 aliphatic heterocycles. The van der Waals surface area contributed by atoms with Crippen molar-refractivity contribution in [1.29, 1.82) is 0 Å². The van der Waals surface area contributed by atoms with Crippen LogP contribution in [0.4, 0.5) is 10.1 Å². The van der Waals surface area contributed by atoms with Crippen LogP contribution in [0.5, 0.6) is 0 Å². The molecular weight excluding hydrogens is 321 g/mol. The van der Waals surface area contributed by atoms with E-state index < -0.39 is 17.7 Å². The van der Waals surface area contributed by atoms with Crippen molar-refractivity contribution in [2.75, 3.05) is 12.4 Å². The first kappa shape index (κ1) is 16.7. The SMILES string of the molecule is COC(=O)c1ccc(NC(=O)/C=C/c2c(F)cccc2Cl)cc1. The van der Waals surface area contributed by atoms with Crippen LogP contribution in [0.1, 0.15) is 15.9 Å². The summed E-state index contributed by atoms with van der Waals surface area (Å²) < 4.78 is 18.2. The Labute approximate surface area is 137 Å². The Morgan fingerprint density at radius 2 is 1.87 bits per heavy atom. The lowest BCUT2D eigenvalue weighted by Gasteiger charge is -2.04. The van der Waals surface area contributed by atoms with E-state index in [1.165, 1.54) is 49.6 Å². The van der Waals surface area contributed by atoms with E-state index >= 15 is 0 Å². The maximum absolute atomic E-state index is 13.6. The maximum Gasteiger partial charge on any atom is 0.337 e. The predicted octanol–water partition coefficient (Wildman–Crippen LogP) is 3.92. The quantitative estimate of drug-likeness (QED) is 0.681. The monoisotopic (exact) mass is 333 g/mol. The van der Waals surface area contributed by atoms with Gasteiger partial charge in [0.25, 0.3) is 0 Å². The van der Waals surface area contributed by atoms with E-state index in [-0.39, 0.29) is 10.6 Å². The van der Waals surface area contributed by atoms with Crippen molar-refractivity contribution in [3.05, 3.63) is 70.5 Å². The number of esters is 1. The number of halogens is 2. The van der Waals surface area contributed by atoms with Crippen LogP contribution in [0.25, 0.3) is 6.08 Å². The molecule has 2 aromatic carbocycles. The Morgan fingerprint density at radius 3 is 2.48 bits per heavy atom. The van der Waals surface area contributed by atoms with E-state index in [0.717, 1.165) is 0 Å². The molecule has 0 unspecified atom stereocenters. The van der Waals surface area contributed by atoms with Gasteiger partial charge in [-0.3, -0.25) is 4.79 Å². The zero-order chi connectivity index (χ0) is 16.8. The second kappa shape index (κ2) is 7.56. The van der Waals surface area contributed by atoms with Gasteiger partial charge in [0.2, 0.25) is 5.91 Å². The highest BCUT2D eigenvalue weighted by molar-refractivity contribution is 6.32. The molecule has 0 fully saturated rings. The number of hydrogen-bond donors (Lipinski definition) is 1. The molecule has 23 heavy (non-hydrogen) atoms. The molecule has 0 spiro atoms. The molecule has 6 heteroatoms. The summed E-state index contributed by atoms with van der Waals surface area (Å²) in [6, 6.07) is 10.5. The Balaban J connectivity index is 2.05. The van der Waals surface area contributed by atoms with Crippen molar-refractivity contribution >= 4 is 35.2 Å². The first-order valence-electron chi connectivity index (χ1n) is 6.62. The van der Waals surface area contributed by atoms with Crippen LogP contribution >= 0.6 is 11.6 Å². The van der Waals surface area contributed by atoms with E-state index in [2.05, 4.69) is 10.1 Å². The van der Waals surface area contributed by atoms with Crippen molar-refractivity contribution in [2.24, 2.45) is 0 Å². The fraction of sp³-hybridized carbons (Fsp3) is 0.0588. The molecule has 0 aliphatic rings. The molecule has 118 valence electrons. The number of benzene rings is 2. The number of hydrogen-bond acceptors (Lipinski definition) is 3. The Hall–Kier alpha value is -2.66. The molecule has 0 aliphatic carbocycles. The molecule has 0 saturated carbocycles. The summed E-state index contributed by atoms with van der Waals surface area (Å²) >= 11 is 5.87. The second-order valence-corrected chi connectivity index (χ2v) is 4.93. The van der Waals surface area contributed by atoms with Gasteiger partial charge < -0.3 is 10.1 Å². The number of nitrogens with one attached hydrogen (secondary N) is 1. The van der Waals surface area contributed by atoms with Gasteiger partial charge in [-0.05, 0) is 42.5 Å². The lowest BCUT2D eigenvalue weighted by Crippen LogP contribution is -2.08. The van der Waals surface area contributed by atoms with Crippen LogP contribution in [0.3, 0.4) is 0 Å². The average molecular weight is 334 g/mol. The fourth-order valence-electron chi connectivity index (χ4n) is 1.82. The van der Waals surface area contributed by atoms with Crippen molar-refractivity contribution < 1.29 is 18.7 Å². The predicted molar refractivity (Wildman–Crippen MR) is 86.9 cm³/mol. The lowest BCUT2D eigenvalue weighted by atomic mass is 10.2. The molecule has 0 saturated heterocycles. The van der Waals surface area contributed by atoms with Gasteiger partial charge in [0.1, 0.15) is 5.82 Å². The number of carbonyl (C=O) groups excluding carboxylic acids is 2. The van der Waals surface area contributed by atoms with Crippen LogP contribution in [0.2, 0.25) is 5.02 Å². The van der Waals surface area contributed by atoms with Crippen LogP contribution in [0.15, 0.2) is 48.5 Å². The van der Waals surface area contributed by atoms with Gasteiger partial charge in [0.15, 0.2) is 0 Å². The number of ether oxygens (including phenoxy) is 1. The van der Waals surface area contributed by atoms with Gasteiger partial charge in [0.05, 0.1) is 17.7 Å². The minimum Gasteiger partial charge on any atom is -0.465 e. The first-order chi connectivity index (χ1) is 11.0. The number of methoxy groups -OCH3 is 1. The van der Waals surface area contributed by atoms with Crippen LogP contribution < -0.4 is 5.32 Å². The van der Waals surface area contributed by atoms with Gasteiger partial charge in [-0.25, -0.2) is 9.18 Å². The Kier molecular flexibility index (Phi) is 5.49.